The van der Waals surface area contributed by atoms with Crippen molar-refractivity contribution < 1.29 is 0 Å². The lowest BCUT2D eigenvalue weighted by Crippen LogP contribution is -2.24. The van der Waals surface area contributed by atoms with Gasteiger partial charge in [-0.25, -0.2) is 0 Å². The van der Waals surface area contributed by atoms with Crippen molar-refractivity contribution in [3.63, 3.8) is 0 Å². The van der Waals surface area contributed by atoms with Crippen LogP contribution in [-0.4, -0.2) is 5.71 Å². The second-order valence-corrected chi connectivity index (χ2v) is 8.51. The van der Waals surface area contributed by atoms with Crippen LogP contribution in [0.25, 0.3) is 27.6 Å². The van der Waals surface area contributed by atoms with Crippen molar-refractivity contribution in [1.29, 1.82) is 0 Å². The van der Waals surface area contributed by atoms with Gasteiger partial charge < -0.3 is 5.32 Å². The fourth-order valence-electron chi connectivity index (χ4n) is 4.58. The molecule has 1 aliphatic rings. The van der Waals surface area contributed by atoms with Crippen LogP contribution in [0.4, 0.5) is 0 Å². The average molecular weight is 437 g/mol. The van der Waals surface area contributed by atoms with Crippen LogP contribution in [-0.2, 0) is 0 Å². The van der Waals surface area contributed by atoms with Gasteiger partial charge in [-0.15, -0.1) is 0 Å². The zero-order valence-electron chi connectivity index (χ0n) is 18.7. The molecule has 1 atom stereocenters. The van der Waals surface area contributed by atoms with E-state index < -0.39 is 0 Å². The van der Waals surface area contributed by atoms with E-state index in [9.17, 15) is 0 Å². The van der Waals surface area contributed by atoms with Crippen molar-refractivity contribution in [2.45, 2.75) is 6.17 Å². The summed E-state index contributed by atoms with van der Waals surface area (Å²) >= 11 is 0. The maximum Gasteiger partial charge on any atom is 0.145 e. The minimum Gasteiger partial charge on any atom is -0.360 e. The van der Waals surface area contributed by atoms with Crippen molar-refractivity contribution >= 4 is 22.2 Å². The van der Waals surface area contributed by atoms with Gasteiger partial charge in [0.1, 0.15) is 6.17 Å². The number of rotatable bonds is 4. The molecule has 162 valence electrons. The molecular weight excluding hydrogens is 412 g/mol. The van der Waals surface area contributed by atoms with Crippen LogP contribution in [0, 0.1) is 0 Å². The van der Waals surface area contributed by atoms with Gasteiger partial charge in [0.15, 0.2) is 0 Å². The Hall–Kier alpha value is -4.43. The summed E-state index contributed by atoms with van der Waals surface area (Å²) in [4.78, 5) is 5.17. The quantitative estimate of drug-likeness (QED) is 0.308. The molecule has 0 bridgehead atoms. The number of nitrogens with one attached hydrogen (secondary N) is 1. The van der Waals surface area contributed by atoms with E-state index in [1.807, 2.05) is 12.1 Å². The van der Waals surface area contributed by atoms with Gasteiger partial charge in [-0.2, -0.15) is 0 Å². The Bertz CT molecular complexity index is 1500. The van der Waals surface area contributed by atoms with Gasteiger partial charge in [-0.05, 0) is 51.2 Å². The van der Waals surface area contributed by atoms with Crippen LogP contribution in [0.1, 0.15) is 22.9 Å². The molecule has 34 heavy (non-hydrogen) atoms. The molecule has 1 aliphatic heterocycles. The second-order valence-electron chi connectivity index (χ2n) is 8.51. The SMILES string of the molecule is C1=C(c2ccccc2)NC(c2ccccc2)N=C1c1cc(-c2ccccc2)c2ccccc2c1. The van der Waals surface area contributed by atoms with Gasteiger partial charge in [0, 0.05) is 11.3 Å². The molecule has 0 fully saturated rings. The highest BCUT2D eigenvalue weighted by Crippen LogP contribution is 2.33. The smallest absolute Gasteiger partial charge is 0.145 e. The Morgan fingerprint density at radius 3 is 1.91 bits per heavy atom. The molecule has 2 heteroatoms. The second kappa shape index (κ2) is 8.84. The summed E-state index contributed by atoms with van der Waals surface area (Å²) in [5.41, 5.74) is 7.91. The Labute approximate surface area is 199 Å². The molecular formula is C32H24N2. The van der Waals surface area contributed by atoms with Crippen LogP contribution in [0.15, 0.2) is 138 Å². The summed E-state index contributed by atoms with van der Waals surface area (Å²) in [6, 6.07) is 44.6. The first-order valence-electron chi connectivity index (χ1n) is 11.6. The van der Waals surface area contributed by atoms with Gasteiger partial charge >= 0.3 is 0 Å². The number of benzene rings is 5. The molecule has 1 heterocycles. The molecule has 0 amide bonds. The van der Waals surface area contributed by atoms with Gasteiger partial charge in [-0.1, -0.05) is 115 Å². The van der Waals surface area contributed by atoms with E-state index in [1.165, 1.54) is 21.9 Å². The Balaban J connectivity index is 1.54. The molecule has 0 saturated carbocycles. The molecule has 5 aromatic rings. The van der Waals surface area contributed by atoms with Crippen LogP contribution in [0.2, 0.25) is 0 Å². The first-order chi connectivity index (χ1) is 16.8. The third-order valence-electron chi connectivity index (χ3n) is 6.28. The zero-order valence-corrected chi connectivity index (χ0v) is 18.7. The molecule has 0 aliphatic carbocycles. The van der Waals surface area contributed by atoms with Crippen molar-refractivity contribution in [1.82, 2.24) is 5.32 Å². The van der Waals surface area contributed by atoms with E-state index in [4.69, 9.17) is 4.99 Å². The lowest BCUT2D eigenvalue weighted by atomic mass is 9.93. The number of hydrogen-bond donors (Lipinski definition) is 1. The summed E-state index contributed by atoms with van der Waals surface area (Å²) in [6.07, 6.45) is 2.02. The molecule has 2 nitrogen and oxygen atoms in total. The van der Waals surface area contributed by atoms with Gasteiger partial charge in [0.25, 0.3) is 0 Å². The standard InChI is InChI=1S/C32H24N2/c1-4-12-23(13-5-1)29-21-27(20-26-18-10-11-19-28(26)29)31-22-30(24-14-6-2-7-15-24)33-32(34-31)25-16-8-3-9-17-25/h1-22,32-33H. The predicted molar refractivity (Wildman–Crippen MR) is 143 cm³/mol. The van der Waals surface area contributed by atoms with E-state index in [1.54, 1.807) is 0 Å². The van der Waals surface area contributed by atoms with Crippen LogP contribution in [0.5, 0.6) is 0 Å². The molecule has 1 unspecified atom stereocenters. The molecule has 0 saturated heterocycles. The number of nitrogens with zero attached hydrogens (tertiary/aromatic N) is 1. The average Bonchev–Trinajstić information content (AvgIpc) is 2.93. The fraction of sp³-hybridized carbons (Fsp3) is 0.0312. The third-order valence-corrected chi connectivity index (χ3v) is 6.28. The molecule has 0 spiro atoms. The Kier molecular flexibility index (Phi) is 5.25. The normalized spacial score (nSPS) is 15.4. The molecule has 0 aromatic heterocycles. The van der Waals surface area contributed by atoms with Crippen LogP contribution >= 0.6 is 0 Å². The van der Waals surface area contributed by atoms with Crippen molar-refractivity contribution in [2.75, 3.05) is 0 Å². The number of allylic oxidation sites excluding steroid dienone is 1. The molecule has 1 N–H and O–H groups in total. The van der Waals surface area contributed by atoms with E-state index in [0.717, 1.165) is 28.1 Å². The van der Waals surface area contributed by atoms with E-state index in [2.05, 4.69) is 127 Å². The van der Waals surface area contributed by atoms with Crippen molar-refractivity contribution in [3.8, 4) is 11.1 Å². The Morgan fingerprint density at radius 1 is 0.559 bits per heavy atom. The summed E-state index contributed by atoms with van der Waals surface area (Å²) in [7, 11) is 0. The van der Waals surface area contributed by atoms with Gasteiger partial charge in [0.05, 0.1) is 5.71 Å². The molecule has 5 aromatic carbocycles. The third kappa shape index (κ3) is 3.91. The largest absolute Gasteiger partial charge is 0.360 e. The Morgan fingerprint density at radius 2 is 1.18 bits per heavy atom. The predicted octanol–water partition coefficient (Wildman–Crippen LogP) is 7.64. The minimum atomic E-state index is -0.150. The highest BCUT2D eigenvalue weighted by Gasteiger charge is 2.20. The van der Waals surface area contributed by atoms with Crippen LogP contribution < -0.4 is 5.32 Å². The summed E-state index contributed by atoms with van der Waals surface area (Å²) in [5.74, 6) is 0. The summed E-state index contributed by atoms with van der Waals surface area (Å²) in [5, 5.41) is 6.11. The number of hydrogen-bond acceptors (Lipinski definition) is 2. The maximum absolute atomic E-state index is 5.17. The lowest BCUT2D eigenvalue weighted by Gasteiger charge is -2.25. The first kappa shape index (κ1) is 20.2. The van der Waals surface area contributed by atoms with Crippen molar-refractivity contribution in [3.05, 3.63) is 150 Å². The highest BCUT2D eigenvalue weighted by atomic mass is 15.1. The summed E-state index contributed by atoms with van der Waals surface area (Å²) in [6.45, 7) is 0. The molecule has 0 radical (unpaired) electrons. The minimum absolute atomic E-state index is 0.150. The first-order valence-corrected chi connectivity index (χ1v) is 11.6. The monoisotopic (exact) mass is 436 g/mol. The fourth-order valence-corrected chi connectivity index (χ4v) is 4.58. The number of aliphatic imine (C=N–C) groups is 1. The van der Waals surface area contributed by atoms with Gasteiger partial charge in [0.2, 0.25) is 0 Å². The zero-order chi connectivity index (χ0) is 22.7. The topological polar surface area (TPSA) is 24.4 Å². The summed E-state index contributed by atoms with van der Waals surface area (Å²) < 4.78 is 0. The number of fused-ring (bicyclic) bond motifs is 1. The van der Waals surface area contributed by atoms with Crippen LogP contribution in [0.3, 0.4) is 0 Å². The van der Waals surface area contributed by atoms with E-state index in [-0.39, 0.29) is 6.17 Å². The van der Waals surface area contributed by atoms with E-state index >= 15 is 0 Å². The van der Waals surface area contributed by atoms with Gasteiger partial charge in [-0.3, -0.25) is 4.99 Å². The maximum atomic E-state index is 5.17. The highest BCUT2D eigenvalue weighted by molar-refractivity contribution is 6.16. The molecule has 6 rings (SSSR count). The van der Waals surface area contributed by atoms with Crippen molar-refractivity contribution in [2.24, 2.45) is 4.99 Å². The lowest BCUT2D eigenvalue weighted by molar-refractivity contribution is 0.664. The van der Waals surface area contributed by atoms with E-state index in [0.29, 0.717) is 0 Å².